The molecule has 1 unspecified atom stereocenters. The first-order valence-corrected chi connectivity index (χ1v) is 6.08. The monoisotopic (exact) mass is 267 g/mol. The Morgan fingerprint density at radius 1 is 1.44 bits per heavy atom. The van der Waals surface area contributed by atoms with Gasteiger partial charge in [-0.25, -0.2) is 4.39 Å². The maximum atomic E-state index is 13.7. The Bertz CT molecular complexity index is 539. The summed E-state index contributed by atoms with van der Waals surface area (Å²) < 4.78 is 15.4. The highest BCUT2D eigenvalue weighted by atomic mass is 35.5. The van der Waals surface area contributed by atoms with Gasteiger partial charge in [0.15, 0.2) is 0 Å². The Hall–Kier alpha value is -1.39. The Morgan fingerprint density at radius 3 is 2.83 bits per heavy atom. The molecule has 18 heavy (non-hydrogen) atoms. The van der Waals surface area contributed by atoms with E-state index in [4.69, 9.17) is 11.6 Å². The molecule has 0 aliphatic carbocycles. The van der Waals surface area contributed by atoms with Crippen LogP contribution in [0.25, 0.3) is 0 Å². The van der Waals surface area contributed by atoms with Crippen LogP contribution in [0.15, 0.2) is 30.5 Å². The molecule has 2 aromatic rings. The Balaban J connectivity index is 2.22. The van der Waals surface area contributed by atoms with Crippen molar-refractivity contribution in [3.8, 4) is 0 Å². The summed E-state index contributed by atoms with van der Waals surface area (Å²) in [7, 11) is 3.69. The van der Waals surface area contributed by atoms with Gasteiger partial charge in [0, 0.05) is 18.3 Å². The highest BCUT2D eigenvalue weighted by Gasteiger charge is 2.15. The van der Waals surface area contributed by atoms with Crippen molar-refractivity contribution in [3.63, 3.8) is 0 Å². The molecule has 2 rings (SSSR count). The molecule has 0 amide bonds. The van der Waals surface area contributed by atoms with Crippen molar-refractivity contribution in [1.29, 1.82) is 0 Å². The largest absolute Gasteiger partial charge is 0.311 e. The van der Waals surface area contributed by atoms with Crippen LogP contribution in [0, 0.1) is 5.82 Å². The first kappa shape index (κ1) is 13.1. The number of benzene rings is 1. The first-order valence-electron chi connectivity index (χ1n) is 5.71. The first-order chi connectivity index (χ1) is 8.60. The SMILES string of the molecule is CNC(Cc1cc(Cl)ccc1F)c1ccn(C)n1. The molecular formula is C13H15ClFN3. The fraction of sp³-hybridized carbons (Fsp3) is 0.308. The van der Waals surface area contributed by atoms with Gasteiger partial charge in [-0.3, -0.25) is 4.68 Å². The summed E-state index contributed by atoms with van der Waals surface area (Å²) in [5.74, 6) is -0.240. The van der Waals surface area contributed by atoms with E-state index in [2.05, 4.69) is 10.4 Å². The molecule has 1 N–H and O–H groups in total. The molecule has 0 aliphatic heterocycles. The van der Waals surface area contributed by atoms with Crippen LogP contribution in [0.5, 0.6) is 0 Å². The second-order valence-electron chi connectivity index (χ2n) is 4.20. The second-order valence-corrected chi connectivity index (χ2v) is 4.63. The minimum Gasteiger partial charge on any atom is -0.311 e. The summed E-state index contributed by atoms with van der Waals surface area (Å²) in [6.07, 6.45) is 2.38. The van der Waals surface area contributed by atoms with E-state index in [1.807, 2.05) is 26.4 Å². The molecule has 3 nitrogen and oxygen atoms in total. The summed E-state index contributed by atoms with van der Waals surface area (Å²) in [5.41, 5.74) is 1.48. The maximum Gasteiger partial charge on any atom is 0.126 e. The Kier molecular flexibility index (Phi) is 3.99. The van der Waals surface area contributed by atoms with E-state index < -0.39 is 0 Å². The summed E-state index contributed by atoms with van der Waals surface area (Å²) in [6.45, 7) is 0. The number of hydrogen-bond donors (Lipinski definition) is 1. The van der Waals surface area contributed by atoms with E-state index in [0.29, 0.717) is 17.0 Å². The number of hydrogen-bond acceptors (Lipinski definition) is 2. The zero-order chi connectivity index (χ0) is 13.1. The van der Waals surface area contributed by atoms with Crippen molar-refractivity contribution in [1.82, 2.24) is 15.1 Å². The number of aromatic nitrogens is 2. The third-order valence-electron chi connectivity index (χ3n) is 2.87. The van der Waals surface area contributed by atoms with Gasteiger partial charge in [-0.1, -0.05) is 11.6 Å². The van der Waals surface area contributed by atoms with Gasteiger partial charge in [-0.2, -0.15) is 5.10 Å². The lowest BCUT2D eigenvalue weighted by Gasteiger charge is -2.14. The highest BCUT2D eigenvalue weighted by Crippen LogP contribution is 2.21. The topological polar surface area (TPSA) is 29.9 Å². The van der Waals surface area contributed by atoms with Crippen molar-refractivity contribution >= 4 is 11.6 Å². The molecule has 0 spiro atoms. The van der Waals surface area contributed by atoms with Gasteiger partial charge in [0.2, 0.25) is 0 Å². The number of rotatable bonds is 4. The minimum absolute atomic E-state index is 0.0285. The molecule has 1 aromatic carbocycles. The Morgan fingerprint density at radius 2 is 2.22 bits per heavy atom. The lowest BCUT2D eigenvalue weighted by atomic mass is 10.0. The van der Waals surface area contributed by atoms with Crippen LogP contribution in [0.4, 0.5) is 4.39 Å². The molecule has 5 heteroatoms. The predicted octanol–water partition coefficient (Wildman–Crippen LogP) is 2.72. The fourth-order valence-electron chi connectivity index (χ4n) is 1.89. The summed E-state index contributed by atoms with van der Waals surface area (Å²) in [4.78, 5) is 0. The quantitative estimate of drug-likeness (QED) is 0.923. The van der Waals surface area contributed by atoms with Gasteiger partial charge >= 0.3 is 0 Å². The van der Waals surface area contributed by atoms with Crippen molar-refractivity contribution < 1.29 is 4.39 Å². The Labute approximate surface area is 111 Å². The third-order valence-corrected chi connectivity index (χ3v) is 3.11. The second kappa shape index (κ2) is 5.50. The van der Waals surface area contributed by atoms with Crippen LogP contribution in [-0.2, 0) is 13.5 Å². The molecule has 0 fully saturated rings. The average Bonchev–Trinajstić information content (AvgIpc) is 2.77. The van der Waals surface area contributed by atoms with Gasteiger partial charge in [0.05, 0.1) is 11.7 Å². The molecule has 0 radical (unpaired) electrons. The van der Waals surface area contributed by atoms with Crippen LogP contribution >= 0.6 is 11.6 Å². The number of likely N-dealkylation sites (N-methyl/N-ethyl adjacent to an activating group) is 1. The van der Waals surface area contributed by atoms with Crippen LogP contribution in [0.1, 0.15) is 17.3 Å². The van der Waals surface area contributed by atoms with E-state index in [1.54, 1.807) is 16.8 Å². The molecular weight excluding hydrogens is 253 g/mol. The van der Waals surface area contributed by atoms with Crippen LogP contribution in [0.2, 0.25) is 5.02 Å². The van der Waals surface area contributed by atoms with Crippen molar-refractivity contribution in [2.75, 3.05) is 7.05 Å². The van der Waals surface area contributed by atoms with E-state index >= 15 is 0 Å². The zero-order valence-corrected chi connectivity index (χ0v) is 11.1. The standard InChI is InChI=1S/C13H15ClFN3/c1-16-13(12-5-6-18(2)17-12)8-9-7-10(14)3-4-11(9)15/h3-7,13,16H,8H2,1-2H3. The molecule has 0 aliphatic rings. The van der Waals surface area contributed by atoms with E-state index in [0.717, 1.165) is 5.69 Å². The average molecular weight is 268 g/mol. The molecule has 1 aromatic heterocycles. The molecule has 96 valence electrons. The third kappa shape index (κ3) is 2.89. The van der Waals surface area contributed by atoms with E-state index in [1.165, 1.54) is 6.07 Å². The molecule has 0 saturated heterocycles. The normalized spacial score (nSPS) is 12.7. The summed E-state index contributed by atoms with van der Waals surface area (Å²) in [6, 6.07) is 6.49. The minimum atomic E-state index is -0.240. The van der Waals surface area contributed by atoms with Gasteiger partial charge in [-0.15, -0.1) is 0 Å². The zero-order valence-electron chi connectivity index (χ0n) is 10.3. The smallest absolute Gasteiger partial charge is 0.126 e. The highest BCUT2D eigenvalue weighted by molar-refractivity contribution is 6.30. The number of nitrogens with one attached hydrogen (secondary N) is 1. The molecule has 1 atom stereocenters. The number of halogens is 2. The molecule has 0 bridgehead atoms. The molecule has 0 saturated carbocycles. The van der Waals surface area contributed by atoms with Gasteiger partial charge in [-0.05, 0) is 43.3 Å². The molecule has 1 heterocycles. The lowest BCUT2D eigenvalue weighted by Crippen LogP contribution is -2.20. The fourth-order valence-corrected chi connectivity index (χ4v) is 2.09. The van der Waals surface area contributed by atoms with Crippen molar-refractivity contribution in [2.45, 2.75) is 12.5 Å². The van der Waals surface area contributed by atoms with Gasteiger partial charge in [0.25, 0.3) is 0 Å². The van der Waals surface area contributed by atoms with Crippen molar-refractivity contribution in [2.24, 2.45) is 7.05 Å². The van der Waals surface area contributed by atoms with Crippen LogP contribution in [0.3, 0.4) is 0 Å². The van der Waals surface area contributed by atoms with E-state index in [9.17, 15) is 4.39 Å². The summed E-state index contributed by atoms with van der Waals surface area (Å²) >= 11 is 5.89. The summed E-state index contributed by atoms with van der Waals surface area (Å²) in [5, 5.41) is 8.01. The van der Waals surface area contributed by atoms with Gasteiger partial charge < -0.3 is 5.32 Å². The van der Waals surface area contributed by atoms with Crippen molar-refractivity contribution in [3.05, 3.63) is 52.6 Å². The van der Waals surface area contributed by atoms with Gasteiger partial charge in [0.1, 0.15) is 5.82 Å². The van der Waals surface area contributed by atoms with E-state index in [-0.39, 0.29) is 11.9 Å². The maximum absolute atomic E-state index is 13.7. The lowest BCUT2D eigenvalue weighted by molar-refractivity contribution is 0.537. The number of aryl methyl sites for hydroxylation is 1. The predicted molar refractivity (Wildman–Crippen MR) is 70.1 cm³/mol. The van der Waals surface area contributed by atoms with Crippen LogP contribution < -0.4 is 5.32 Å². The number of nitrogens with zero attached hydrogens (tertiary/aromatic N) is 2. The van der Waals surface area contributed by atoms with Crippen LogP contribution in [-0.4, -0.2) is 16.8 Å².